The van der Waals surface area contributed by atoms with Crippen LogP contribution in [0.5, 0.6) is 0 Å². The van der Waals surface area contributed by atoms with Crippen LogP contribution in [0.2, 0.25) is 0 Å². The van der Waals surface area contributed by atoms with E-state index < -0.39 is 11.9 Å². The third-order valence-corrected chi connectivity index (χ3v) is 2.64. The molecule has 0 aliphatic carbocycles. The minimum absolute atomic E-state index is 0.0134. The van der Waals surface area contributed by atoms with Crippen LogP contribution in [0.1, 0.15) is 12.0 Å². The highest BCUT2D eigenvalue weighted by atomic mass is 16.4. The molecule has 0 saturated carbocycles. The number of hydrogen-bond acceptors (Lipinski definition) is 6. The molecule has 1 amide bonds. The van der Waals surface area contributed by atoms with Crippen LogP contribution in [-0.4, -0.2) is 33.5 Å². The standard InChI is InChI=1S/C10H9N5O3/c11-2-6-3-13-10(14-8(6)12)15-4-5(9(17)18)1-7(15)16/h3,5H,1,4H2,(H,17,18)(H2,12,13,14). The number of carbonyl (C=O) groups excluding carboxylic acids is 1. The normalized spacial score (nSPS) is 18.7. The maximum atomic E-state index is 11.6. The second-order valence-electron chi connectivity index (χ2n) is 3.82. The van der Waals surface area contributed by atoms with Gasteiger partial charge in [0.2, 0.25) is 11.9 Å². The molecule has 1 unspecified atom stereocenters. The fourth-order valence-corrected chi connectivity index (χ4v) is 1.67. The quantitative estimate of drug-likeness (QED) is 0.710. The predicted octanol–water partition coefficient (Wildman–Crippen LogP) is -0.632. The number of amides is 1. The minimum atomic E-state index is -1.03. The van der Waals surface area contributed by atoms with Crippen molar-refractivity contribution >= 4 is 23.6 Å². The average molecular weight is 247 g/mol. The van der Waals surface area contributed by atoms with E-state index in [2.05, 4.69) is 9.97 Å². The second-order valence-corrected chi connectivity index (χ2v) is 3.82. The molecule has 18 heavy (non-hydrogen) atoms. The SMILES string of the molecule is N#Cc1cnc(N2CC(C(=O)O)CC2=O)nc1N. The van der Waals surface area contributed by atoms with Crippen LogP contribution in [0.25, 0.3) is 0 Å². The molecule has 8 heteroatoms. The van der Waals surface area contributed by atoms with Crippen LogP contribution in [-0.2, 0) is 9.59 Å². The Morgan fingerprint density at radius 3 is 2.89 bits per heavy atom. The first-order chi connectivity index (χ1) is 8.52. The van der Waals surface area contributed by atoms with Gasteiger partial charge >= 0.3 is 5.97 Å². The number of hydrogen-bond donors (Lipinski definition) is 2. The summed E-state index contributed by atoms with van der Waals surface area (Å²) in [5, 5.41) is 17.5. The molecule has 3 N–H and O–H groups in total. The number of nitrogens with two attached hydrogens (primary N) is 1. The van der Waals surface area contributed by atoms with Crippen molar-refractivity contribution in [3.8, 4) is 6.07 Å². The summed E-state index contributed by atoms with van der Waals surface area (Å²) >= 11 is 0. The van der Waals surface area contributed by atoms with E-state index in [1.54, 1.807) is 6.07 Å². The van der Waals surface area contributed by atoms with Gasteiger partial charge in [-0.05, 0) is 0 Å². The molecule has 1 saturated heterocycles. The van der Waals surface area contributed by atoms with Crippen LogP contribution in [0.15, 0.2) is 6.20 Å². The highest BCUT2D eigenvalue weighted by molar-refractivity contribution is 5.97. The molecule has 1 fully saturated rings. The van der Waals surface area contributed by atoms with Crippen molar-refractivity contribution in [2.24, 2.45) is 5.92 Å². The zero-order chi connectivity index (χ0) is 13.3. The fourth-order valence-electron chi connectivity index (χ4n) is 1.67. The first-order valence-corrected chi connectivity index (χ1v) is 5.08. The average Bonchev–Trinajstić information content (AvgIpc) is 2.71. The monoisotopic (exact) mass is 247 g/mol. The van der Waals surface area contributed by atoms with Crippen molar-refractivity contribution in [3.05, 3.63) is 11.8 Å². The lowest BCUT2D eigenvalue weighted by Gasteiger charge is -2.13. The number of carboxylic acids is 1. The van der Waals surface area contributed by atoms with Crippen LogP contribution in [0.3, 0.4) is 0 Å². The van der Waals surface area contributed by atoms with Gasteiger partial charge in [0.05, 0.1) is 12.1 Å². The number of carboxylic acid groups (broad SMARTS) is 1. The first-order valence-electron chi connectivity index (χ1n) is 5.08. The molecule has 1 aliphatic heterocycles. The van der Waals surface area contributed by atoms with Crippen molar-refractivity contribution < 1.29 is 14.7 Å². The van der Waals surface area contributed by atoms with E-state index in [4.69, 9.17) is 16.1 Å². The summed E-state index contributed by atoms with van der Waals surface area (Å²) < 4.78 is 0. The number of carbonyl (C=O) groups is 2. The van der Waals surface area contributed by atoms with Gasteiger partial charge in [0.1, 0.15) is 17.5 Å². The molecule has 2 heterocycles. The predicted molar refractivity (Wildman–Crippen MR) is 59.3 cm³/mol. The zero-order valence-corrected chi connectivity index (χ0v) is 9.20. The third-order valence-electron chi connectivity index (χ3n) is 2.64. The van der Waals surface area contributed by atoms with E-state index in [1.165, 1.54) is 6.20 Å². The largest absolute Gasteiger partial charge is 0.481 e. The lowest BCUT2D eigenvalue weighted by molar-refractivity contribution is -0.141. The molecule has 1 aromatic heterocycles. The minimum Gasteiger partial charge on any atom is -0.481 e. The Morgan fingerprint density at radius 2 is 2.39 bits per heavy atom. The van der Waals surface area contributed by atoms with Crippen LogP contribution < -0.4 is 10.6 Å². The smallest absolute Gasteiger partial charge is 0.308 e. The Kier molecular flexibility index (Phi) is 2.81. The number of anilines is 2. The Balaban J connectivity index is 2.28. The van der Waals surface area contributed by atoms with Gasteiger partial charge < -0.3 is 10.8 Å². The summed E-state index contributed by atoms with van der Waals surface area (Å²) in [7, 11) is 0. The molecule has 0 aromatic carbocycles. The number of nitriles is 1. The molecule has 0 spiro atoms. The Bertz CT molecular complexity index is 565. The molecule has 1 aromatic rings. The summed E-state index contributed by atoms with van der Waals surface area (Å²) in [5.41, 5.74) is 5.62. The van der Waals surface area contributed by atoms with Crippen molar-refractivity contribution in [2.45, 2.75) is 6.42 Å². The summed E-state index contributed by atoms with van der Waals surface area (Å²) in [6.07, 6.45) is 1.12. The number of aromatic nitrogens is 2. The van der Waals surface area contributed by atoms with Gasteiger partial charge in [-0.25, -0.2) is 4.98 Å². The number of nitrogens with zero attached hydrogens (tertiary/aromatic N) is 4. The molecule has 1 aliphatic rings. The number of rotatable bonds is 2. The maximum Gasteiger partial charge on any atom is 0.308 e. The Hall–Kier alpha value is -2.69. The van der Waals surface area contributed by atoms with Crippen LogP contribution in [0.4, 0.5) is 11.8 Å². The van der Waals surface area contributed by atoms with Gasteiger partial charge in [-0.3, -0.25) is 14.5 Å². The van der Waals surface area contributed by atoms with E-state index in [9.17, 15) is 9.59 Å². The third kappa shape index (κ3) is 1.93. The highest BCUT2D eigenvalue weighted by Crippen LogP contribution is 2.23. The fraction of sp³-hybridized carbons (Fsp3) is 0.300. The van der Waals surface area contributed by atoms with Gasteiger partial charge in [0.15, 0.2) is 0 Å². The van der Waals surface area contributed by atoms with Gasteiger partial charge in [0.25, 0.3) is 0 Å². The molecular formula is C10H9N5O3. The summed E-state index contributed by atoms with van der Waals surface area (Å²) in [6, 6.07) is 1.80. The van der Waals surface area contributed by atoms with Gasteiger partial charge in [-0.15, -0.1) is 0 Å². The van der Waals surface area contributed by atoms with Gasteiger partial charge in [0, 0.05) is 13.0 Å². The topological polar surface area (TPSA) is 133 Å². The Labute approximate surface area is 102 Å². The molecule has 8 nitrogen and oxygen atoms in total. The van der Waals surface area contributed by atoms with E-state index >= 15 is 0 Å². The van der Waals surface area contributed by atoms with E-state index in [1.807, 2.05) is 0 Å². The first kappa shape index (κ1) is 11.8. The van der Waals surface area contributed by atoms with Crippen LogP contribution in [0, 0.1) is 17.2 Å². The highest BCUT2D eigenvalue weighted by Gasteiger charge is 2.36. The van der Waals surface area contributed by atoms with Gasteiger partial charge in [-0.1, -0.05) is 0 Å². The number of nitrogen functional groups attached to an aromatic ring is 1. The van der Waals surface area contributed by atoms with Crippen molar-refractivity contribution in [3.63, 3.8) is 0 Å². The molecule has 2 rings (SSSR count). The molecular weight excluding hydrogens is 238 g/mol. The van der Waals surface area contributed by atoms with Crippen molar-refractivity contribution in [2.75, 3.05) is 17.2 Å². The summed E-state index contributed by atoms with van der Waals surface area (Å²) in [6.45, 7) is 0.0134. The lowest BCUT2D eigenvalue weighted by Crippen LogP contribution is -2.28. The second kappa shape index (κ2) is 4.29. The van der Waals surface area contributed by atoms with E-state index in [-0.39, 0.29) is 36.2 Å². The molecule has 0 bridgehead atoms. The molecule has 1 atom stereocenters. The lowest BCUT2D eigenvalue weighted by atomic mass is 10.1. The van der Waals surface area contributed by atoms with Crippen LogP contribution >= 0.6 is 0 Å². The number of aliphatic carboxylic acids is 1. The maximum absolute atomic E-state index is 11.6. The van der Waals surface area contributed by atoms with Crippen molar-refractivity contribution in [1.82, 2.24) is 9.97 Å². The summed E-state index contributed by atoms with van der Waals surface area (Å²) in [4.78, 5) is 31.3. The molecule has 0 radical (unpaired) electrons. The molecule has 92 valence electrons. The zero-order valence-electron chi connectivity index (χ0n) is 9.20. The summed E-state index contributed by atoms with van der Waals surface area (Å²) in [5.74, 6) is -2.17. The van der Waals surface area contributed by atoms with E-state index in [0.717, 1.165) is 4.90 Å². The van der Waals surface area contributed by atoms with E-state index in [0.29, 0.717) is 0 Å². The van der Waals surface area contributed by atoms with Gasteiger partial charge in [-0.2, -0.15) is 10.2 Å². The van der Waals surface area contributed by atoms with Crippen molar-refractivity contribution in [1.29, 1.82) is 5.26 Å². The Morgan fingerprint density at radius 1 is 1.67 bits per heavy atom.